The van der Waals surface area contributed by atoms with Crippen LogP contribution in [0, 0.1) is 26.7 Å². The highest BCUT2D eigenvalue weighted by Crippen LogP contribution is 2.17. The lowest BCUT2D eigenvalue weighted by atomic mass is 9.95. The third-order valence-corrected chi connectivity index (χ3v) is 3.49. The van der Waals surface area contributed by atoms with Crippen molar-refractivity contribution in [2.24, 2.45) is 5.92 Å². The number of rotatable bonds is 5. The minimum atomic E-state index is 0.0132. The Hall–Kier alpha value is -1.44. The SMILES string of the molecule is Cc1cc(C(=O)CCC(=O)C(C)C)cc(C)c1C. The number of hydrogen-bond acceptors (Lipinski definition) is 2. The molecule has 0 saturated carbocycles. The number of Topliss-reactive ketones (excluding diaryl/α,β-unsaturated/α-hetero) is 2. The molecule has 0 unspecified atom stereocenters. The summed E-state index contributed by atoms with van der Waals surface area (Å²) in [6, 6.07) is 3.84. The molecule has 18 heavy (non-hydrogen) atoms. The van der Waals surface area contributed by atoms with Crippen LogP contribution in [-0.2, 0) is 4.79 Å². The largest absolute Gasteiger partial charge is 0.299 e. The highest BCUT2D eigenvalue weighted by Gasteiger charge is 2.13. The van der Waals surface area contributed by atoms with E-state index in [2.05, 4.69) is 6.92 Å². The zero-order valence-electron chi connectivity index (χ0n) is 12.0. The summed E-state index contributed by atoms with van der Waals surface area (Å²) in [5.74, 6) is 0.235. The van der Waals surface area contributed by atoms with Gasteiger partial charge >= 0.3 is 0 Å². The molecule has 1 aromatic rings. The van der Waals surface area contributed by atoms with E-state index in [1.54, 1.807) is 0 Å². The predicted molar refractivity (Wildman–Crippen MR) is 74.1 cm³/mol. The van der Waals surface area contributed by atoms with Crippen molar-refractivity contribution in [3.63, 3.8) is 0 Å². The molecule has 2 heteroatoms. The number of carbonyl (C=O) groups is 2. The second-order valence-electron chi connectivity index (χ2n) is 5.28. The van der Waals surface area contributed by atoms with Crippen molar-refractivity contribution in [2.45, 2.75) is 47.5 Å². The average molecular weight is 246 g/mol. The van der Waals surface area contributed by atoms with Gasteiger partial charge in [-0.15, -0.1) is 0 Å². The van der Waals surface area contributed by atoms with Crippen molar-refractivity contribution in [1.82, 2.24) is 0 Å². The van der Waals surface area contributed by atoms with Gasteiger partial charge in [0.05, 0.1) is 0 Å². The van der Waals surface area contributed by atoms with Crippen molar-refractivity contribution < 1.29 is 9.59 Å². The predicted octanol–water partition coefficient (Wildman–Crippen LogP) is 3.80. The van der Waals surface area contributed by atoms with Gasteiger partial charge in [-0.2, -0.15) is 0 Å². The number of hydrogen-bond donors (Lipinski definition) is 0. The van der Waals surface area contributed by atoms with Crippen LogP contribution in [0.1, 0.15) is 53.7 Å². The molecular weight excluding hydrogens is 224 g/mol. The van der Waals surface area contributed by atoms with Gasteiger partial charge in [-0.1, -0.05) is 13.8 Å². The van der Waals surface area contributed by atoms with E-state index in [0.29, 0.717) is 12.8 Å². The van der Waals surface area contributed by atoms with E-state index in [1.165, 1.54) is 5.56 Å². The first-order chi connectivity index (χ1) is 8.32. The van der Waals surface area contributed by atoms with Gasteiger partial charge in [0.15, 0.2) is 5.78 Å². The first kappa shape index (κ1) is 14.6. The second kappa shape index (κ2) is 5.94. The Kier molecular flexibility index (Phi) is 4.83. The molecule has 0 atom stereocenters. The molecule has 0 aromatic heterocycles. The summed E-state index contributed by atoms with van der Waals surface area (Å²) in [6.07, 6.45) is 0.668. The maximum atomic E-state index is 12.0. The highest BCUT2D eigenvalue weighted by atomic mass is 16.1. The summed E-state index contributed by atoms with van der Waals surface area (Å²) < 4.78 is 0. The van der Waals surface area contributed by atoms with Crippen molar-refractivity contribution >= 4 is 11.6 Å². The van der Waals surface area contributed by atoms with Crippen molar-refractivity contribution in [3.8, 4) is 0 Å². The zero-order chi connectivity index (χ0) is 13.9. The minimum Gasteiger partial charge on any atom is -0.299 e. The van der Waals surface area contributed by atoms with Gasteiger partial charge in [0.2, 0.25) is 0 Å². The normalized spacial score (nSPS) is 10.8. The molecule has 0 aliphatic heterocycles. The lowest BCUT2D eigenvalue weighted by Crippen LogP contribution is -2.10. The molecule has 0 aliphatic rings. The summed E-state index contributed by atoms with van der Waals surface area (Å²) in [5.41, 5.74) is 4.22. The lowest BCUT2D eigenvalue weighted by molar-refractivity contribution is -0.121. The molecule has 0 fully saturated rings. The Bertz CT molecular complexity index is 447. The molecule has 0 N–H and O–H groups in total. The Balaban J connectivity index is 2.77. The van der Waals surface area contributed by atoms with Crippen LogP contribution in [0.4, 0.5) is 0 Å². The standard InChI is InChI=1S/C16H22O2/c1-10(2)15(17)6-7-16(18)14-8-11(3)13(5)12(4)9-14/h8-10H,6-7H2,1-5H3. The highest BCUT2D eigenvalue weighted by molar-refractivity contribution is 5.98. The first-order valence-corrected chi connectivity index (χ1v) is 6.46. The van der Waals surface area contributed by atoms with Crippen LogP contribution >= 0.6 is 0 Å². The smallest absolute Gasteiger partial charge is 0.163 e. The molecule has 0 aliphatic carbocycles. The third-order valence-electron chi connectivity index (χ3n) is 3.49. The van der Waals surface area contributed by atoms with E-state index in [1.807, 2.05) is 39.8 Å². The molecule has 1 aromatic carbocycles. The van der Waals surface area contributed by atoms with Crippen LogP contribution < -0.4 is 0 Å². The van der Waals surface area contributed by atoms with Gasteiger partial charge in [-0.3, -0.25) is 9.59 Å². The Labute approximate surface area is 109 Å². The van der Waals surface area contributed by atoms with Crippen LogP contribution in [0.5, 0.6) is 0 Å². The summed E-state index contributed by atoms with van der Waals surface area (Å²) >= 11 is 0. The molecule has 98 valence electrons. The molecule has 0 saturated heterocycles. The molecule has 0 heterocycles. The van der Waals surface area contributed by atoms with Gasteiger partial charge in [0, 0.05) is 24.3 Å². The minimum absolute atomic E-state index is 0.0132. The van der Waals surface area contributed by atoms with Crippen molar-refractivity contribution in [1.29, 1.82) is 0 Å². The van der Waals surface area contributed by atoms with Crippen molar-refractivity contribution in [3.05, 3.63) is 34.4 Å². The molecule has 0 spiro atoms. The fraction of sp³-hybridized carbons (Fsp3) is 0.500. The molecular formula is C16H22O2. The second-order valence-corrected chi connectivity index (χ2v) is 5.28. The summed E-state index contributed by atoms with van der Waals surface area (Å²) in [4.78, 5) is 23.5. The fourth-order valence-electron chi connectivity index (χ4n) is 1.87. The molecule has 1 rings (SSSR count). The van der Waals surface area contributed by atoms with Crippen LogP contribution in [0.25, 0.3) is 0 Å². The lowest BCUT2D eigenvalue weighted by Gasteiger charge is -2.09. The Morgan fingerprint density at radius 3 is 1.94 bits per heavy atom. The van der Waals surface area contributed by atoms with Gasteiger partial charge in [0.1, 0.15) is 5.78 Å². The number of ketones is 2. The van der Waals surface area contributed by atoms with Gasteiger partial charge in [-0.05, 0) is 49.6 Å². The number of aryl methyl sites for hydroxylation is 2. The zero-order valence-corrected chi connectivity index (χ0v) is 12.0. The fourth-order valence-corrected chi connectivity index (χ4v) is 1.87. The van der Waals surface area contributed by atoms with Gasteiger partial charge in [-0.25, -0.2) is 0 Å². The van der Waals surface area contributed by atoms with Gasteiger partial charge in [0.25, 0.3) is 0 Å². The van der Waals surface area contributed by atoms with Crippen LogP contribution in [0.15, 0.2) is 12.1 Å². The number of benzene rings is 1. The summed E-state index contributed by atoms with van der Waals surface area (Å²) in [5, 5.41) is 0. The Morgan fingerprint density at radius 2 is 1.50 bits per heavy atom. The molecule has 0 radical (unpaired) electrons. The maximum absolute atomic E-state index is 12.0. The first-order valence-electron chi connectivity index (χ1n) is 6.46. The topological polar surface area (TPSA) is 34.1 Å². The van der Waals surface area contributed by atoms with E-state index in [4.69, 9.17) is 0 Å². The molecule has 2 nitrogen and oxygen atoms in total. The molecule has 0 amide bonds. The van der Waals surface area contributed by atoms with Gasteiger partial charge < -0.3 is 0 Å². The van der Waals surface area contributed by atoms with Crippen LogP contribution in [-0.4, -0.2) is 11.6 Å². The van der Waals surface area contributed by atoms with Crippen molar-refractivity contribution in [2.75, 3.05) is 0 Å². The van der Waals surface area contributed by atoms with E-state index in [0.717, 1.165) is 16.7 Å². The van der Waals surface area contributed by atoms with E-state index < -0.39 is 0 Å². The third kappa shape index (κ3) is 3.52. The summed E-state index contributed by atoms with van der Waals surface area (Å²) in [6.45, 7) is 9.82. The Morgan fingerprint density at radius 1 is 1.00 bits per heavy atom. The maximum Gasteiger partial charge on any atom is 0.163 e. The van der Waals surface area contributed by atoms with E-state index >= 15 is 0 Å². The van der Waals surface area contributed by atoms with Crippen LogP contribution in [0.2, 0.25) is 0 Å². The number of carbonyl (C=O) groups excluding carboxylic acids is 2. The monoisotopic (exact) mass is 246 g/mol. The van der Waals surface area contributed by atoms with Crippen LogP contribution in [0.3, 0.4) is 0 Å². The quantitative estimate of drug-likeness (QED) is 0.740. The summed E-state index contributed by atoms with van der Waals surface area (Å²) in [7, 11) is 0. The van der Waals surface area contributed by atoms with E-state index in [9.17, 15) is 9.59 Å². The molecule has 0 bridgehead atoms. The average Bonchev–Trinajstić information content (AvgIpc) is 2.31. The van der Waals surface area contributed by atoms with E-state index in [-0.39, 0.29) is 17.5 Å².